The van der Waals surface area contributed by atoms with E-state index in [1.807, 2.05) is 0 Å². The van der Waals surface area contributed by atoms with Crippen LogP contribution in [0.3, 0.4) is 0 Å². The molecular weight excluding hydrogens is 409 g/mol. The Labute approximate surface area is 169 Å². The molecular formula is C18H21F3N4O5. The number of anilines is 1. The molecule has 0 aliphatic heterocycles. The predicted molar refractivity (Wildman–Crippen MR) is 100 cm³/mol. The van der Waals surface area contributed by atoms with E-state index in [0.717, 1.165) is 18.2 Å². The van der Waals surface area contributed by atoms with Crippen molar-refractivity contribution in [2.45, 2.75) is 12.4 Å². The van der Waals surface area contributed by atoms with Crippen LogP contribution in [0.5, 0.6) is 5.75 Å². The number of aromatic amines is 1. The molecule has 1 amide bonds. The summed E-state index contributed by atoms with van der Waals surface area (Å²) in [4.78, 5) is 32.6. The molecule has 3 N–H and O–H groups in total. The number of nitrogens with one attached hydrogen (secondary N) is 2. The molecule has 1 unspecified atom stereocenters. The Morgan fingerprint density at radius 3 is 2.57 bits per heavy atom. The second-order valence-electron chi connectivity index (χ2n) is 6.19. The summed E-state index contributed by atoms with van der Waals surface area (Å²) in [5.74, 6) is -1.02. The molecule has 1 aromatic heterocycles. The summed E-state index contributed by atoms with van der Waals surface area (Å²) in [5.41, 5.74) is -0.403. The number of methoxy groups -OCH3 is 1. The van der Waals surface area contributed by atoms with Gasteiger partial charge in [-0.1, -0.05) is 12.1 Å². The minimum absolute atomic E-state index is 0.152. The minimum atomic E-state index is -4.83. The second kappa shape index (κ2) is 10.1. The van der Waals surface area contributed by atoms with E-state index in [1.54, 1.807) is 11.9 Å². The fourth-order valence-corrected chi connectivity index (χ4v) is 2.44. The number of carbonyl (C=O) groups is 1. The number of alkyl halides is 3. The number of aromatic nitrogens is 2. The van der Waals surface area contributed by atoms with Crippen molar-refractivity contribution in [3.8, 4) is 5.75 Å². The maximum atomic E-state index is 12.5. The topological polar surface area (TPSA) is 117 Å². The van der Waals surface area contributed by atoms with Gasteiger partial charge in [-0.15, -0.1) is 13.2 Å². The predicted octanol–water partition coefficient (Wildman–Crippen LogP) is 1.21. The van der Waals surface area contributed by atoms with E-state index in [-0.39, 0.29) is 11.6 Å². The fourth-order valence-electron chi connectivity index (χ4n) is 2.44. The fraction of sp³-hybridized carbons (Fsp3) is 0.389. The number of hydrogen-bond acceptors (Lipinski definition) is 7. The van der Waals surface area contributed by atoms with Crippen LogP contribution in [0, 0.1) is 0 Å². The van der Waals surface area contributed by atoms with Gasteiger partial charge in [0.25, 0.3) is 11.5 Å². The van der Waals surface area contributed by atoms with Crippen LogP contribution in [0.2, 0.25) is 0 Å². The number of carbonyl (C=O) groups excluding carboxylic acids is 1. The number of amides is 1. The Kier molecular flexibility index (Phi) is 7.78. The molecule has 164 valence electrons. The van der Waals surface area contributed by atoms with Gasteiger partial charge in [0.15, 0.2) is 0 Å². The van der Waals surface area contributed by atoms with Crippen LogP contribution in [0.25, 0.3) is 0 Å². The van der Waals surface area contributed by atoms with Gasteiger partial charge in [-0.05, 0) is 17.7 Å². The molecule has 2 aromatic rings. The molecule has 30 heavy (non-hydrogen) atoms. The third-order valence-electron chi connectivity index (χ3n) is 3.96. The van der Waals surface area contributed by atoms with E-state index in [0.29, 0.717) is 18.7 Å². The summed E-state index contributed by atoms with van der Waals surface area (Å²) in [7, 11) is 3.17. The molecule has 0 aliphatic carbocycles. The molecule has 0 saturated carbocycles. The first kappa shape index (κ1) is 23.2. The first-order valence-corrected chi connectivity index (χ1v) is 8.72. The Balaban J connectivity index is 2.15. The molecule has 0 aliphatic rings. The van der Waals surface area contributed by atoms with Gasteiger partial charge in [0.05, 0.1) is 19.3 Å². The normalized spacial score (nSPS) is 12.3. The first-order valence-electron chi connectivity index (χ1n) is 8.72. The van der Waals surface area contributed by atoms with Crippen LogP contribution in [0.15, 0.2) is 35.1 Å². The molecule has 0 bridgehead atoms. The molecule has 1 aromatic carbocycles. The van der Waals surface area contributed by atoms with Crippen molar-refractivity contribution >= 4 is 11.9 Å². The van der Waals surface area contributed by atoms with Gasteiger partial charge in [0.2, 0.25) is 5.95 Å². The zero-order valence-electron chi connectivity index (χ0n) is 16.2. The number of aliphatic hydroxyl groups is 1. The molecule has 0 spiro atoms. The maximum absolute atomic E-state index is 12.5. The van der Waals surface area contributed by atoms with E-state index in [4.69, 9.17) is 4.74 Å². The van der Waals surface area contributed by atoms with E-state index in [1.165, 1.54) is 19.2 Å². The van der Waals surface area contributed by atoms with Gasteiger partial charge in [0.1, 0.15) is 11.4 Å². The summed E-state index contributed by atoms with van der Waals surface area (Å²) >= 11 is 0. The van der Waals surface area contributed by atoms with Crippen molar-refractivity contribution in [1.29, 1.82) is 0 Å². The molecule has 2 rings (SSSR count). The zero-order valence-corrected chi connectivity index (χ0v) is 16.2. The summed E-state index contributed by atoms with van der Waals surface area (Å²) in [6, 6.07) is 4.73. The molecule has 9 nitrogen and oxygen atoms in total. The number of rotatable bonds is 9. The van der Waals surface area contributed by atoms with Crippen LogP contribution in [-0.2, 0) is 4.74 Å². The van der Waals surface area contributed by atoms with Crippen molar-refractivity contribution < 1.29 is 32.5 Å². The van der Waals surface area contributed by atoms with Crippen LogP contribution in [0.1, 0.15) is 22.1 Å². The molecule has 0 saturated heterocycles. The average Bonchev–Trinajstić information content (AvgIpc) is 2.69. The quantitative estimate of drug-likeness (QED) is 0.548. The van der Waals surface area contributed by atoms with E-state index in [9.17, 15) is 27.9 Å². The van der Waals surface area contributed by atoms with Gasteiger partial charge in [-0.3, -0.25) is 14.6 Å². The maximum Gasteiger partial charge on any atom is 0.573 e. The molecule has 12 heteroatoms. The number of aliphatic hydroxyl groups excluding tert-OH is 1. The summed E-state index contributed by atoms with van der Waals surface area (Å²) < 4.78 is 45.5. The summed E-state index contributed by atoms with van der Waals surface area (Å²) in [6.07, 6.45) is -4.83. The van der Waals surface area contributed by atoms with Crippen molar-refractivity contribution in [2.75, 3.05) is 38.8 Å². The third kappa shape index (κ3) is 6.74. The lowest BCUT2D eigenvalue weighted by molar-refractivity contribution is -0.274. The molecule has 1 atom stereocenters. The standard InChI is InChI=1S/C18H21F3N4O5/c1-25(7-8-29-2)17-23-13(9-15(27)24-17)16(28)22-14(10-26)11-3-5-12(6-4-11)30-18(19,20)21/h3-6,9,14,26H,7-8,10H2,1-2H3,(H,22,28)(H,23,24,27). The monoisotopic (exact) mass is 430 g/mol. The number of hydrogen-bond donors (Lipinski definition) is 3. The van der Waals surface area contributed by atoms with Crippen molar-refractivity contribution in [3.63, 3.8) is 0 Å². The average molecular weight is 430 g/mol. The largest absolute Gasteiger partial charge is 0.573 e. The van der Waals surface area contributed by atoms with E-state index >= 15 is 0 Å². The van der Waals surface area contributed by atoms with Crippen LogP contribution < -0.4 is 20.5 Å². The van der Waals surface area contributed by atoms with Gasteiger partial charge in [-0.2, -0.15) is 0 Å². The molecule has 1 heterocycles. The first-order chi connectivity index (χ1) is 14.1. The summed E-state index contributed by atoms with van der Waals surface area (Å²) in [5, 5.41) is 12.1. The van der Waals surface area contributed by atoms with Crippen molar-refractivity contribution in [1.82, 2.24) is 15.3 Å². The van der Waals surface area contributed by atoms with Crippen LogP contribution in [0.4, 0.5) is 19.1 Å². The Morgan fingerprint density at radius 2 is 2.00 bits per heavy atom. The van der Waals surface area contributed by atoms with Crippen molar-refractivity contribution in [2.24, 2.45) is 0 Å². The number of halogens is 3. The molecule has 0 radical (unpaired) electrons. The number of benzene rings is 1. The van der Waals surface area contributed by atoms with Crippen LogP contribution >= 0.6 is 0 Å². The smallest absolute Gasteiger partial charge is 0.406 e. The Hall–Kier alpha value is -3.12. The Morgan fingerprint density at radius 1 is 1.33 bits per heavy atom. The second-order valence-corrected chi connectivity index (χ2v) is 6.19. The van der Waals surface area contributed by atoms with E-state index < -0.39 is 36.2 Å². The van der Waals surface area contributed by atoms with E-state index in [2.05, 4.69) is 20.0 Å². The van der Waals surface area contributed by atoms with Crippen molar-refractivity contribution in [3.05, 3.63) is 51.9 Å². The Bertz CT molecular complexity index is 902. The number of nitrogens with zero attached hydrogens (tertiary/aromatic N) is 2. The highest BCUT2D eigenvalue weighted by atomic mass is 19.4. The zero-order chi connectivity index (χ0) is 22.3. The highest BCUT2D eigenvalue weighted by Crippen LogP contribution is 2.24. The van der Waals surface area contributed by atoms with Gasteiger partial charge >= 0.3 is 6.36 Å². The molecule has 0 fully saturated rings. The third-order valence-corrected chi connectivity index (χ3v) is 3.96. The lowest BCUT2D eigenvalue weighted by Crippen LogP contribution is -2.33. The minimum Gasteiger partial charge on any atom is -0.406 e. The SMILES string of the molecule is COCCN(C)c1nc(C(=O)NC(CO)c2ccc(OC(F)(F)F)cc2)cc(=O)[nH]1. The number of H-pyrrole nitrogens is 1. The van der Waals surface area contributed by atoms with Crippen LogP contribution in [-0.4, -0.2) is 61.3 Å². The lowest BCUT2D eigenvalue weighted by Gasteiger charge is -2.19. The number of likely N-dealkylation sites (N-methyl/N-ethyl adjacent to an activating group) is 1. The highest BCUT2D eigenvalue weighted by molar-refractivity contribution is 5.92. The number of ether oxygens (including phenoxy) is 2. The summed E-state index contributed by atoms with van der Waals surface area (Å²) in [6.45, 7) is 0.252. The van der Waals surface area contributed by atoms with Gasteiger partial charge < -0.3 is 24.8 Å². The van der Waals surface area contributed by atoms with Gasteiger partial charge in [0, 0.05) is 26.8 Å². The lowest BCUT2D eigenvalue weighted by atomic mass is 10.1. The van der Waals surface area contributed by atoms with Gasteiger partial charge in [-0.25, -0.2) is 4.98 Å². The highest BCUT2D eigenvalue weighted by Gasteiger charge is 2.31.